The molecule has 0 bridgehead atoms. The third kappa shape index (κ3) is 2.62. The molecule has 1 aliphatic heterocycles. The number of methoxy groups -OCH3 is 1. The van der Waals surface area contributed by atoms with E-state index in [4.69, 9.17) is 9.39 Å². The van der Waals surface area contributed by atoms with E-state index >= 15 is 0 Å². The predicted molar refractivity (Wildman–Crippen MR) is 78.3 cm³/mol. The fourth-order valence-electron chi connectivity index (χ4n) is 2.29. The molecule has 10 heteroatoms. The van der Waals surface area contributed by atoms with E-state index in [0.29, 0.717) is 17.0 Å². The van der Waals surface area contributed by atoms with Gasteiger partial charge in [0.1, 0.15) is 22.1 Å². The Hall–Kier alpha value is -2.20. The lowest BCUT2D eigenvalue weighted by Crippen LogP contribution is -2.40. The van der Waals surface area contributed by atoms with Crippen molar-refractivity contribution in [3.8, 4) is 11.5 Å². The zero-order valence-electron chi connectivity index (χ0n) is 11.5. The number of aromatic nitrogens is 3. The van der Waals surface area contributed by atoms with Crippen LogP contribution in [-0.2, 0) is 6.42 Å². The number of H-pyrrole nitrogens is 1. The highest BCUT2D eigenvalue weighted by atomic mass is 32.2. The number of thioether (sulfide) groups is 1. The number of ether oxygens (including phenoxy) is 1. The molecule has 0 radical (unpaired) electrons. The van der Waals surface area contributed by atoms with E-state index < -0.39 is 13.1 Å². The van der Waals surface area contributed by atoms with Gasteiger partial charge in [0, 0.05) is 0 Å². The maximum absolute atomic E-state index is 11.4. The van der Waals surface area contributed by atoms with Crippen molar-refractivity contribution in [2.45, 2.75) is 16.6 Å². The summed E-state index contributed by atoms with van der Waals surface area (Å²) in [5.41, 5.74) is 0.619. The third-order valence-electron chi connectivity index (χ3n) is 3.28. The summed E-state index contributed by atoms with van der Waals surface area (Å²) in [6, 6.07) is 3.32. The van der Waals surface area contributed by atoms with E-state index in [-0.39, 0.29) is 22.2 Å². The van der Waals surface area contributed by atoms with Crippen LogP contribution in [0.25, 0.3) is 0 Å². The molecule has 0 amide bonds. The molecule has 0 fully saturated rings. The second-order valence-electron chi connectivity index (χ2n) is 4.62. The molecule has 0 spiro atoms. The molecule has 1 aliphatic rings. The summed E-state index contributed by atoms with van der Waals surface area (Å²) in [4.78, 5) is 11.4. The third-order valence-corrected chi connectivity index (χ3v) is 4.42. The van der Waals surface area contributed by atoms with Gasteiger partial charge in [0.15, 0.2) is 0 Å². The molecule has 0 aliphatic carbocycles. The van der Waals surface area contributed by atoms with Gasteiger partial charge in [-0.2, -0.15) is 0 Å². The first-order valence-electron chi connectivity index (χ1n) is 6.41. The van der Waals surface area contributed by atoms with Gasteiger partial charge in [-0.25, -0.2) is 4.79 Å². The van der Waals surface area contributed by atoms with Crippen molar-refractivity contribution in [3.05, 3.63) is 29.5 Å². The van der Waals surface area contributed by atoms with Crippen molar-refractivity contribution >= 4 is 24.8 Å². The standard InChI is InChI=1S/C12H12BN3O5S/c1-20-7-3-2-6-4-8(22-9-5-14-16-15-9)13(19)21-11(6)10(7)12(17)18/h2-3,5,8,19H,4H2,1H3,(H,17,18)(H,14,15,16). The molecule has 114 valence electrons. The zero-order chi connectivity index (χ0) is 15.7. The normalized spacial score (nSPS) is 16.8. The molecular weight excluding hydrogens is 309 g/mol. The maximum Gasteiger partial charge on any atom is 0.537 e. The van der Waals surface area contributed by atoms with Gasteiger partial charge in [-0.1, -0.05) is 11.3 Å². The number of carboxylic acids is 1. The molecule has 1 aromatic heterocycles. The number of nitrogens with one attached hydrogen (secondary N) is 1. The van der Waals surface area contributed by atoms with Crippen molar-refractivity contribution < 1.29 is 24.3 Å². The number of carboxylic acid groups (broad SMARTS) is 1. The maximum atomic E-state index is 11.4. The first-order valence-corrected chi connectivity index (χ1v) is 7.29. The molecule has 1 unspecified atom stereocenters. The highest BCUT2D eigenvalue weighted by Gasteiger charge is 2.38. The zero-order valence-corrected chi connectivity index (χ0v) is 12.3. The van der Waals surface area contributed by atoms with Gasteiger partial charge >= 0.3 is 13.1 Å². The second kappa shape index (κ2) is 5.89. The van der Waals surface area contributed by atoms with Crippen LogP contribution in [0.3, 0.4) is 0 Å². The molecule has 2 heterocycles. The number of benzene rings is 1. The monoisotopic (exact) mass is 321 g/mol. The van der Waals surface area contributed by atoms with Crippen molar-refractivity contribution in [1.82, 2.24) is 15.4 Å². The number of rotatable bonds is 4. The smallest absolute Gasteiger partial charge is 0.534 e. The summed E-state index contributed by atoms with van der Waals surface area (Å²) in [5.74, 6) is -0.819. The Morgan fingerprint density at radius 2 is 2.41 bits per heavy atom. The van der Waals surface area contributed by atoms with Crippen LogP contribution in [0.15, 0.2) is 23.4 Å². The van der Waals surface area contributed by atoms with Crippen LogP contribution in [0.4, 0.5) is 0 Å². The van der Waals surface area contributed by atoms with Crippen LogP contribution in [0, 0.1) is 0 Å². The Morgan fingerprint density at radius 3 is 3.05 bits per heavy atom. The van der Waals surface area contributed by atoms with Gasteiger partial charge < -0.3 is 19.5 Å². The van der Waals surface area contributed by atoms with E-state index in [9.17, 15) is 14.9 Å². The summed E-state index contributed by atoms with van der Waals surface area (Å²) in [7, 11) is 0.232. The molecule has 3 rings (SSSR count). The van der Waals surface area contributed by atoms with Crippen LogP contribution < -0.4 is 9.39 Å². The SMILES string of the molecule is COc1ccc2c(c1C(=O)O)OB(O)C(Sc1c[nH]nn1)C2. The van der Waals surface area contributed by atoms with Crippen LogP contribution in [-0.4, -0.2) is 50.9 Å². The number of aromatic carboxylic acids is 1. The molecule has 1 aromatic carbocycles. The van der Waals surface area contributed by atoms with Gasteiger partial charge in [-0.05, 0) is 18.1 Å². The molecule has 0 saturated heterocycles. The van der Waals surface area contributed by atoms with Crippen LogP contribution in [0.1, 0.15) is 15.9 Å². The largest absolute Gasteiger partial charge is 0.537 e. The van der Waals surface area contributed by atoms with E-state index in [2.05, 4.69) is 15.4 Å². The fraction of sp³-hybridized carbons (Fsp3) is 0.250. The highest BCUT2D eigenvalue weighted by Crippen LogP contribution is 2.39. The van der Waals surface area contributed by atoms with Gasteiger partial charge in [-0.15, -0.1) is 16.9 Å². The van der Waals surface area contributed by atoms with Gasteiger partial charge in [0.2, 0.25) is 0 Å². The molecule has 1 atom stereocenters. The number of hydrogen-bond acceptors (Lipinski definition) is 7. The Balaban J connectivity index is 1.93. The number of aromatic amines is 1. The first-order chi connectivity index (χ1) is 10.6. The topological polar surface area (TPSA) is 118 Å². The lowest BCUT2D eigenvalue weighted by atomic mass is 9.77. The molecule has 2 aromatic rings. The molecule has 0 saturated carbocycles. The van der Waals surface area contributed by atoms with E-state index in [1.54, 1.807) is 18.3 Å². The number of nitrogens with zero attached hydrogens (tertiary/aromatic N) is 2. The molecule has 22 heavy (non-hydrogen) atoms. The minimum absolute atomic E-state index is 0.0797. The van der Waals surface area contributed by atoms with E-state index in [1.165, 1.54) is 18.9 Å². The van der Waals surface area contributed by atoms with Gasteiger partial charge in [0.05, 0.1) is 18.5 Å². The highest BCUT2D eigenvalue weighted by molar-refractivity contribution is 8.01. The Kier molecular flexibility index (Phi) is 3.95. The number of fused-ring (bicyclic) bond motifs is 1. The molecule has 3 N–H and O–H groups in total. The Bertz CT molecular complexity index is 696. The summed E-state index contributed by atoms with van der Waals surface area (Å²) < 4.78 is 10.5. The van der Waals surface area contributed by atoms with E-state index in [1.807, 2.05) is 0 Å². The number of carbonyl (C=O) groups is 1. The minimum Gasteiger partial charge on any atom is -0.534 e. The lowest BCUT2D eigenvalue weighted by molar-refractivity contribution is 0.0690. The fourth-order valence-corrected chi connectivity index (χ4v) is 3.25. The van der Waals surface area contributed by atoms with Crippen LogP contribution in [0.5, 0.6) is 11.5 Å². The quantitative estimate of drug-likeness (QED) is 0.702. The molecular formula is C12H12BN3O5S. The van der Waals surface area contributed by atoms with Crippen molar-refractivity contribution in [1.29, 1.82) is 0 Å². The van der Waals surface area contributed by atoms with Gasteiger partial charge in [0.25, 0.3) is 0 Å². The molecule has 8 nitrogen and oxygen atoms in total. The van der Waals surface area contributed by atoms with Crippen molar-refractivity contribution in [2.24, 2.45) is 0 Å². The van der Waals surface area contributed by atoms with E-state index in [0.717, 1.165) is 0 Å². The summed E-state index contributed by atoms with van der Waals surface area (Å²) >= 11 is 1.31. The minimum atomic E-state index is -1.16. The Morgan fingerprint density at radius 1 is 1.59 bits per heavy atom. The summed E-state index contributed by atoms with van der Waals surface area (Å²) in [6.45, 7) is 0. The van der Waals surface area contributed by atoms with Crippen LogP contribution >= 0.6 is 11.8 Å². The van der Waals surface area contributed by atoms with Gasteiger partial charge in [-0.3, -0.25) is 5.10 Å². The lowest BCUT2D eigenvalue weighted by Gasteiger charge is -2.28. The van der Waals surface area contributed by atoms with Crippen molar-refractivity contribution in [3.63, 3.8) is 0 Å². The second-order valence-corrected chi connectivity index (χ2v) is 5.88. The first kappa shape index (κ1) is 14.7. The van der Waals surface area contributed by atoms with Crippen molar-refractivity contribution in [2.75, 3.05) is 7.11 Å². The summed E-state index contributed by atoms with van der Waals surface area (Å²) in [5, 5.41) is 29.9. The van der Waals surface area contributed by atoms with Crippen LogP contribution in [0.2, 0.25) is 0 Å². The summed E-state index contributed by atoms with van der Waals surface area (Å²) in [6.07, 6.45) is 2.06. The average molecular weight is 321 g/mol. The average Bonchev–Trinajstić information content (AvgIpc) is 2.99. The number of hydrogen-bond donors (Lipinski definition) is 3. The Labute approximate surface area is 130 Å². The predicted octanol–water partition coefficient (Wildman–Crippen LogP) is 0.627.